The Bertz CT molecular complexity index is 1160. The van der Waals surface area contributed by atoms with Crippen LogP contribution in [0, 0.1) is 12.8 Å². The first-order valence-corrected chi connectivity index (χ1v) is 13.3. The standard InChI is InChI=1S/C21H24N4O4S2/c1-13-2-4-15(5-3-13)24-9-14(8-19(24)26)21(27)22-20-17-10-30-11-18(17)23-25(20)16-6-7-31(28,29)12-16/h2-5,14,16H,6-12H2,1H3,(H,22,27). The number of anilines is 2. The molecule has 3 aliphatic heterocycles. The smallest absolute Gasteiger partial charge is 0.230 e. The van der Waals surface area contributed by atoms with Crippen molar-refractivity contribution in [2.24, 2.45) is 5.92 Å². The van der Waals surface area contributed by atoms with Crippen molar-refractivity contribution in [1.82, 2.24) is 9.78 Å². The van der Waals surface area contributed by atoms with Crippen molar-refractivity contribution in [1.29, 1.82) is 0 Å². The third kappa shape index (κ3) is 3.87. The molecule has 1 aromatic heterocycles. The number of carbonyl (C=O) groups excluding carboxylic acids is 2. The van der Waals surface area contributed by atoms with Crippen molar-refractivity contribution in [3.05, 3.63) is 41.1 Å². The summed E-state index contributed by atoms with van der Waals surface area (Å²) in [5, 5.41) is 7.66. The molecule has 0 radical (unpaired) electrons. The van der Waals surface area contributed by atoms with Gasteiger partial charge in [-0.3, -0.25) is 9.59 Å². The van der Waals surface area contributed by atoms with E-state index in [0.29, 0.717) is 18.8 Å². The molecule has 0 bridgehead atoms. The molecule has 2 amide bonds. The van der Waals surface area contributed by atoms with E-state index in [1.807, 2.05) is 31.2 Å². The molecule has 0 aliphatic carbocycles. The predicted molar refractivity (Wildman–Crippen MR) is 120 cm³/mol. The summed E-state index contributed by atoms with van der Waals surface area (Å²) in [6.45, 7) is 2.32. The number of hydrogen-bond donors (Lipinski definition) is 1. The lowest BCUT2D eigenvalue weighted by molar-refractivity contribution is -0.122. The number of benzene rings is 1. The minimum atomic E-state index is -3.08. The minimum absolute atomic E-state index is 0.0483. The number of fused-ring (bicyclic) bond motifs is 1. The number of rotatable bonds is 4. The molecule has 164 valence electrons. The number of nitrogens with zero attached hydrogens (tertiary/aromatic N) is 3. The number of nitrogens with one attached hydrogen (secondary N) is 1. The summed E-state index contributed by atoms with van der Waals surface area (Å²) < 4.78 is 25.7. The Morgan fingerprint density at radius 2 is 2.00 bits per heavy atom. The Hall–Kier alpha value is -2.33. The summed E-state index contributed by atoms with van der Waals surface area (Å²) >= 11 is 1.73. The first kappa shape index (κ1) is 20.6. The predicted octanol–water partition coefficient (Wildman–Crippen LogP) is 2.29. The van der Waals surface area contributed by atoms with E-state index < -0.39 is 15.8 Å². The number of amides is 2. The highest BCUT2D eigenvalue weighted by molar-refractivity contribution is 7.98. The number of aryl methyl sites for hydroxylation is 1. The molecule has 4 heterocycles. The van der Waals surface area contributed by atoms with Crippen molar-refractivity contribution >= 4 is 44.9 Å². The molecule has 2 fully saturated rings. The quantitative estimate of drug-likeness (QED) is 0.751. The SMILES string of the molecule is Cc1ccc(N2CC(C(=O)Nc3c4c(nn3C3CCS(=O)(=O)C3)CSC4)CC2=O)cc1. The van der Waals surface area contributed by atoms with Gasteiger partial charge in [-0.1, -0.05) is 17.7 Å². The van der Waals surface area contributed by atoms with E-state index in [4.69, 9.17) is 0 Å². The van der Waals surface area contributed by atoms with Crippen LogP contribution in [0.5, 0.6) is 0 Å². The van der Waals surface area contributed by atoms with Gasteiger partial charge in [-0.15, -0.1) is 0 Å². The van der Waals surface area contributed by atoms with Crippen molar-refractivity contribution in [3.63, 3.8) is 0 Å². The van der Waals surface area contributed by atoms with Gasteiger partial charge < -0.3 is 10.2 Å². The molecule has 31 heavy (non-hydrogen) atoms. The van der Waals surface area contributed by atoms with Crippen LogP contribution in [0.3, 0.4) is 0 Å². The molecular weight excluding hydrogens is 436 g/mol. The summed E-state index contributed by atoms with van der Waals surface area (Å²) in [5.74, 6) is 1.55. The number of aromatic nitrogens is 2. The fourth-order valence-electron chi connectivity index (χ4n) is 4.47. The van der Waals surface area contributed by atoms with Gasteiger partial charge >= 0.3 is 0 Å². The lowest BCUT2D eigenvalue weighted by atomic mass is 10.1. The van der Waals surface area contributed by atoms with E-state index in [0.717, 1.165) is 34.0 Å². The zero-order chi connectivity index (χ0) is 21.8. The highest BCUT2D eigenvalue weighted by atomic mass is 32.2. The molecule has 1 aromatic carbocycles. The number of thioether (sulfide) groups is 1. The second-order valence-corrected chi connectivity index (χ2v) is 11.7. The maximum Gasteiger partial charge on any atom is 0.230 e. The van der Waals surface area contributed by atoms with Gasteiger partial charge in [-0.05, 0) is 25.5 Å². The van der Waals surface area contributed by atoms with E-state index in [2.05, 4.69) is 10.4 Å². The topological polar surface area (TPSA) is 101 Å². The van der Waals surface area contributed by atoms with Crippen molar-refractivity contribution < 1.29 is 18.0 Å². The monoisotopic (exact) mass is 460 g/mol. The molecule has 10 heteroatoms. The number of hydrogen-bond acceptors (Lipinski definition) is 6. The third-order valence-electron chi connectivity index (χ3n) is 6.21. The van der Waals surface area contributed by atoms with Crippen LogP contribution in [0.15, 0.2) is 24.3 Å². The maximum atomic E-state index is 13.1. The molecule has 1 N–H and O–H groups in total. The molecule has 0 saturated carbocycles. The van der Waals surface area contributed by atoms with E-state index >= 15 is 0 Å². The lowest BCUT2D eigenvalue weighted by Gasteiger charge is -2.18. The zero-order valence-electron chi connectivity index (χ0n) is 17.2. The molecule has 2 saturated heterocycles. The lowest BCUT2D eigenvalue weighted by Crippen LogP contribution is -2.29. The van der Waals surface area contributed by atoms with Gasteiger partial charge in [-0.2, -0.15) is 16.9 Å². The second-order valence-electron chi connectivity index (χ2n) is 8.50. The average Bonchev–Trinajstić information content (AvgIpc) is 3.47. The maximum absolute atomic E-state index is 13.1. The molecule has 3 aliphatic rings. The van der Waals surface area contributed by atoms with Gasteiger partial charge in [0.2, 0.25) is 11.8 Å². The Morgan fingerprint density at radius 3 is 2.71 bits per heavy atom. The number of sulfone groups is 1. The van der Waals surface area contributed by atoms with Gasteiger partial charge in [0.15, 0.2) is 9.84 Å². The normalized spacial score (nSPS) is 24.5. The zero-order valence-corrected chi connectivity index (χ0v) is 18.8. The van der Waals surface area contributed by atoms with Crippen molar-refractivity contribution in [2.45, 2.75) is 37.3 Å². The number of carbonyl (C=O) groups is 2. The van der Waals surface area contributed by atoms with Crippen LogP contribution < -0.4 is 10.2 Å². The first-order chi connectivity index (χ1) is 14.8. The van der Waals surface area contributed by atoms with Crippen molar-refractivity contribution in [2.75, 3.05) is 28.3 Å². The summed E-state index contributed by atoms with van der Waals surface area (Å²) in [6, 6.07) is 7.43. The Kier molecular flexibility index (Phi) is 5.09. The van der Waals surface area contributed by atoms with Crippen LogP contribution in [0.2, 0.25) is 0 Å². The molecular formula is C21H24N4O4S2. The first-order valence-electron chi connectivity index (χ1n) is 10.4. The van der Waals surface area contributed by atoms with Crippen LogP contribution >= 0.6 is 11.8 Å². The molecule has 2 atom stereocenters. The summed E-state index contributed by atoms with van der Waals surface area (Å²) in [5.41, 5.74) is 3.79. The van der Waals surface area contributed by atoms with E-state index in [1.165, 1.54) is 0 Å². The second kappa shape index (κ2) is 7.67. The molecule has 0 spiro atoms. The molecule has 5 rings (SSSR count). The van der Waals surface area contributed by atoms with Crippen LogP contribution in [0.25, 0.3) is 0 Å². The summed E-state index contributed by atoms with van der Waals surface area (Å²) in [4.78, 5) is 27.4. The summed E-state index contributed by atoms with van der Waals surface area (Å²) in [6.07, 6.45) is 0.657. The van der Waals surface area contributed by atoms with E-state index in [-0.39, 0.29) is 35.8 Å². The van der Waals surface area contributed by atoms with Crippen LogP contribution in [-0.2, 0) is 30.9 Å². The van der Waals surface area contributed by atoms with Gasteiger partial charge in [0, 0.05) is 35.7 Å². The molecule has 8 nitrogen and oxygen atoms in total. The van der Waals surface area contributed by atoms with Gasteiger partial charge in [0.1, 0.15) is 5.82 Å². The Morgan fingerprint density at radius 1 is 1.23 bits per heavy atom. The Labute approximate surface area is 185 Å². The third-order valence-corrected chi connectivity index (χ3v) is 8.93. The molecule has 2 unspecified atom stereocenters. The van der Waals surface area contributed by atoms with Crippen LogP contribution in [-0.4, -0.2) is 48.1 Å². The van der Waals surface area contributed by atoms with Gasteiger partial charge in [0.05, 0.1) is 29.2 Å². The minimum Gasteiger partial charge on any atom is -0.312 e. The summed E-state index contributed by atoms with van der Waals surface area (Å²) in [7, 11) is -3.08. The van der Waals surface area contributed by atoms with Gasteiger partial charge in [-0.25, -0.2) is 13.1 Å². The van der Waals surface area contributed by atoms with Gasteiger partial charge in [0.25, 0.3) is 0 Å². The van der Waals surface area contributed by atoms with E-state index in [9.17, 15) is 18.0 Å². The molecule has 2 aromatic rings. The largest absolute Gasteiger partial charge is 0.312 e. The van der Waals surface area contributed by atoms with Crippen LogP contribution in [0.1, 0.15) is 35.7 Å². The fourth-order valence-corrected chi connectivity index (χ4v) is 7.20. The van der Waals surface area contributed by atoms with Crippen LogP contribution in [0.4, 0.5) is 11.5 Å². The highest BCUT2D eigenvalue weighted by Crippen LogP contribution is 2.38. The average molecular weight is 461 g/mol. The van der Waals surface area contributed by atoms with E-state index in [1.54, 1.807) is 21.3 Å². The Balaban J connectivity index is 1.36. The fraction of sp³-hybridized carbons (Fsp3) is 0.476. The highest BCUT2D eigenvalue weighted by Gasteiger charge is 2.38. The van der Waals surface area contributed by atoms with Crippen molar-refractivity contribution in [3.8, 4) is 0 Å².